The summed E-state index contributed by atoms with van der Waals surface area (Å²) in [5.74, 6) is 0.219. The minimum atomic E-state index is -4.43. The fourth-order valence-corrected chi connectivity index (χ4v) is 2.62. The smallest absolute Gasteiger partial charge is 0.352 e. The minimum absolute atomic E-state index is 0.0254. The van der Waals surface area contributed by atoms with Crippen LogP contribution in [0.5, 0.6) is 0 Å². The molecule has 0 saturated carbocycles. The third-order valence-corrected chi connectivity index (χ3v) is 3.81. The van der Waals surface area contributed by atoms with Crippen molar-refractivity contribution in [1.82, 2.24) is 4.98 Å². The molecule has 0 fully saturated rings. The van der Waals surface area contributed by atoms with E-state index in [4.69, 9.17) is 0 Å². The second-order valence-corrected chi connectivity index (χ2v) is 5.28. The van der Waals surface area contributed by atoms with Crippen molar-refractivity contribution in [3.05, 3.63) is 63.3 Å². The molecule has 0 aliphatic carbocycles. The summed E-state index contributed by atoms with van der Waals surface area (Å²) in [4.78, 5) is 16.1. The Labute approximate surface area is 129 Å². The summed E-state index contributed by atoms with van der Waals surface area (Å²) in [6.07, 6.45) is -2.70. The van der Waals surface area contributed by atoms with Gasteiger partial charge < -0.3 is 4.90 Å². The van der Waals surface area contributed by atoms with E-state index in [0.717, 1.165) is 29.5 Å². The van der Waals surface area contributed by atoms with E-state index in [-0.39, 0.29) is 11.5 Å². The number of hydrogen-bond donors (Lipinski definition) is 0. The normalized spacial score (nSPS) is 14.5. The lowest BCUT2D eigenvalue weighted by molar-refractivity contribution is -0.384. The molecule has 5 nitrogen and oxygen atoms in total. The van der Waals surface area contributed by atoms with E-state index in [9.17, 15) is 23.3 Å². The molecular weight excluding hydrogens is 311 g/mol. The number of nitrogens with zero attached hydrogens (tertiary/aromatic N) is 3. The topological polar surface area (TPSA) is 59.3 Å². The zero-order valence-electron chi connectivity index (χ0n) is 11.9. The molecule has 0 amide bonds. The van der Waals surface area contributed by atoms with Crippen molar-refractivity contribution < 1.29 is 18.1 Å². The van der Waals surface area contributed by atoms with Gasteiger partial charge in [-0.15, -0.1) is 0 Å². The monoisotopic (exact) mass is 323 g/mol. The molecule has 0 saturated heterocycles. The first-order valence-corrected chi connectivity index (χ1v) is 6.89. The van der Waals surface area contributed by atoms with Gasteiger partial charge in [0, 0.05) is 31.4 Å². The molecule has 0 bridgehead atoms. The number of fused-ring (bicyclic) bond motifs is 1. The summed E-state index contributed by atoms with van der Waals surface area (Å²) in [6, 6.07) is 6.53. The van der Waals surface area contributed by atoms with Gasteiger partial charge in [-0.3, -0.25) is 10.1 Å². The van der Waals surface area contributed by atoms with Gasteiger partial charge in [0.15, 0.2) is 0 Å². The first kappa shape index (κ1) is 15.3. The lowest BCUT2D eigenvalue weighted by Gasteiger charge is -2.30. The van der Waals surface area contributed by atoms with Crippen LogP contribution in [-0.2, 0) is 19.1 Å². The molecule has 0 unspecified atom stereocenters. The van der Waals surface area contributed by atoms with Crippen LogP contribution in [0.15, 0.2) is 36.5 Å². The van der Waals surface area contributed by atoms with Gasteiger partial charge >= 0.3 is 6.18 Å². The highest BCUT2D eigenvalue weighted by molar-refractivity contribution is 5.48. The Morgan fingerprint density at radius 2 is 1.96 bits per heavy atom. The lowest BCUT2D eigenvalue weighted by Crippen LogP contribution is -2.31. The summed E-state index contributed by atoms with van der Waals surface area (Å²) in [6.45, 7) is 0.810. The molecule has 0 atom stereocenters. The third kappa shape index (κ3) is 3.10. The first-order valence-electron chi connectivity index (χ1n) is 6.89. The van der Waals surface area contributed by atoms with E-state index in [2.05, 4.69) is 4.98 Å². The molecule has 0 radical (unpaired) electrons. The number of benzene rings is 1. The fourth-order valence-electron chi connectivity index (χ4n) is 2.62. The SMILES string of the molecule is O=[N+]([O-])c1ccc2c(c1)CN(c1cc(C(F)(F)F)ccn1)CC2. The number of anilines is 1. The van der Waals surface area contributed by atoms with E-state index in [1.165, 1.54) is 12.1 Å². The molecule has 1 aliphatic heterocycles. The molecule has 0 N–H and O–H groups in total. The number of alkyl halides is 3. The van der Waals surface area contributed by atoms with E-state index < -0.39 is 16.7 Å². The maximum absolute atomic E-state index is 12.8. The summed E-state index contributed by atoms with van der Waals surface area (Å²) in [7, 11) is 0. The standard InChI is InChI=1S/C15H12F3N3O2/c16-15(17,18)12-3-5-19-14(8-12)20-6-4-10-1-2-13(21(22)23)7-11(10)9-20/h1-3,5,7-8H,4,6,9H2. The van der Waals surface area contributed by atoms with Gasteiger partial charge in [-0.05, 0) is 29.7 Å². The van der Waals surface area contributed by atoms with Gasteiger partial charge in [-0.2, -0.15) is 13.2 Å². The number of nitro groups is 1. The first-order chi connectivity index (χ1) is 10.8. The highest BCUT2D eigenvalue weighted by atomic mass is 19.4. The van der Waals surface area contributed by atoms with Crippen LogP contribution in [0.4, 0.5) is 24.7 Å². The number of non-ortho nitro benzene ring substituents is 1. The molecule has 1 aliphatic rings. The predicted molar refractivity (Wildman–Crippen MR) is 77.1 cm³/mol. The van der Waals surface area contributed by atoms with Gasteiger partial charge in [0.25, 0.3) is 5.69 Å². The van der Waals surface area contributed by atoms with Crippen molar-refractivity contribution in [2.45, 2.75) is 19.1 Å². The fraction of sp³-hybridized carbons (Fsp3) is 0.267. The van der Waals surface area contributed by atoms with Crippen LogP contribution in [0.3, 0.4) is 0 Å². The predicted octanol–water partition coefficient (Wildman–Crippen LogP) is 3.57. The van der Waals surface area contributed by atoms with Gasteiger partial charge in [-0.25, -0.2) is 4.98 Å². The molecule has 1 aromatic heterocycles. The van der Waals surface area contributed by atoms with Crippen molar-refractivity contribution in [1.29, 1.82) is 0 Å². The quantitative estimate of drug-likeness (QED) is 0.626. The zero-order chi connectivity index (χ0) is 16.6. The van der Waals surface area contributed by atoms with E-state index in [0.29, 0.717) is 19.5 Å². The molecule has 1 aromatic carbocycles. The van der Waals surface area contributed by atoms with Gasteiger partial charge in [0.2, 0.25) is 0 Å². The van der Waals surface area contributed by atoms with Crippen LogP contribution in [0.2, 0.25) is 0 Å². The van der Waals surface area contributed by atoms with E-state index in [1.54, 1.807) is 11.0 Å². The van der Waals surface area contributed by atoms with Gasteiger partial charge in [-0.1, -0.05) is 6.07 Å². The lowest BCUT2D eigenvalue weighted by atomic mass is 9.99. The molecule has 2 aromatic rings. The van der Waals surface area contributed by atoms with Crippen LogP contribution >= 0.6 is 0 Å². The zero-order valence-corrected chi connectivity index (χ0v) is 11.9. The Bertz CT molecular complexity index is 762. The van der Waals surface area contributed by atoms with Gasteiger partial charge in [0.05, 0.1) is 10.5 Å². The van der Waals surface area contributed by atoms with Crippen LogP contribution in [-0.4, -0.2) is 16.5 Å². The van der Waals surface area contributed by atoms with Crippen LogP contribution in [0, 0.1) is 10.1 Å². The van der Waals surface area contributed by atoms with Crippen molar-refractivity contribution >= 4 is 11.5 Å². The van der Waals surface area contributed by atoms with Crippen molar-refractivity contribution in [3.63, 3.8) is 0 Å². The Kier molecular flexibility index (Phi) is 3.67. The second-order valence-electron chi connectivity index (χ2n) is 5.28. The average molecular weight is 323 g/mol. The summed E-state index contributed by atoms with van der Waals surface area (Å²) in [5.41, 5.74) is 0.929. The molecule has 0 spiro atoms. The Balaban J connectivity index is 1.90. The van der Waals surface area contributed by atoms with E-state index >= 15 is 0 Å². The number of nitro benzene ring substituents is 1. The Morgan fingerprint density at radius 1 is 1.17 bits per heavy atom. The highest BCUT2D eigenvalue weighted by Crippen LogP contribution is 2.32. The third-order valence-electron chi connectivity index (χ3n) is 3.81. The minimum Gasteiger partial charge on any atom is -0.352 e. The molecule has 2 heterocycles. The maximum Gasteiger partial charge on any atom is 0.416 e. The van der Waals surface area contributed by atoms with Crippen molar-refractivity contribution in [2.24, 2.45) is 0 Å². The van der Waals surface area contributed by atoms with Crippen molar-refractivity contribution in [3.8, 4) is 0 Å². The highest BCUT2D eigenvalue weighted by Gasteiger charge is 2.31. The summed E-state index contributed by atoms with van der Waals surface area (Å²) < 4.78 is 38.4. The van der Waals surface area contributed by atoms with Crippen molar-refractivity contribution in [2.75, 3.05) is 11.4 Å². The molecule has 120 valence electrons. The largest absolute Gasteiger partial charge is 0.416 e. The molecule has 8 heteroatoms. The van der Waals surface area contributed by atoms with Crippen LogP contribution < -0.4 is 4.90 Å². The molecule has 23 heavy (non-hydrogen) atoms. The number of rotatable bonds is 2. The van der Waals surface area contributed by atoms with Crippen LogP contribution in [0.25, 0.3) is 0 Å². The number of halogens is 3. The molecule has 3 rings (SSSR count). The molecular formula is C15H12F3N3O2. The van der Waals surface area contributed by atoms with E-state index in [1.807, 2.05) is 0 Å². The van der Waals surface area contributed by atoms with Crippen LogP contribution in [0.1, 0.15) is 16.7 Å². The maximum atomic E-state index is 12.8. The summed E-state index contributed by atoms with van der Waals surface area (Å²) >= 11 is 0. The Hall–Kier alpha value is -2.64. The number of pyridine rings is 1. The second kappa shape index (κ2) is 5.53. The summed E-state index contributed by atoms with van der Waals surface area (Å²) in [5, 5.41) is 10.8. The average Bonchev–Trinajstić information content (AvgIpc) is 2.53. The van der Waals surface area contributed by atoms with Gasteiger partial charge in [0.1, 0.15) is 5.82 Å². The Morgan fingerprint density at radius 3 is 2.65 bits per heavy atom. The number of hydrogen-bond acceptors (Lipinski definition) is 4. The number of aromatic nitrogens is 1.